The summed E-state index contributed by atoms with van der Waals surface area (Å²) in [5, 5.41) is 7.13. The molecule has 0 spiro atoms. The Morgan fingerprint density at radius 1 is 1.09 bits per heavy atom. The molecule has 1 aliphatic carbocycles. The van der Waals surface area contributed by atoms with Crippen molar-refractivity contribution in [1.82, 2.24) is 19.9 Å². The summed E-state index contributed by atoms with van der Waals surface area (Å²) < 4.78 is 6.95. The topological polar surface area (TPSA) is 98.1 Å². The number of hydrogen-bond acceptors (Lipinski definition) is 6. The Morgan fingerprint density at radius 2 is 1.88 bits per heavy atom. The van der Waals surface area contributed by atoms with Crippen molar-refractivity contribution >= 4 is 22.9 Å². The fourth-order valence-corrected chi connectivity index (χ4v) is 4.08. The Bertz CT molecular complexity index is 1240. The van der Waals surface area contributed by atoms with Crippen molar-refractivity contribution in [1.29, 1.82) is 0 Å². The molecule has 0 unspecified atom stereocenters. The highest BCUT2D eigenvalue weighted by Gasteiger charge is 2.24. The summed E-state index contributed by atoms with van der Waals surface area (Å²) in [5.74, 6) is 0.417. The number of nitrogens with one attached hydrogen (secondary N) is 2. The standard InChI is InChI=1S/C24H27N5O3/c1-14-3-4-15(22(30)26-17-5-6-17)11-19(14)20-12-16-13-25-24(27-18-7-9-32-10-8-18)28-21(16)29(2)23(20)31/h3-4,11-13,17-18H,5-10H2,1-2H3,(H,26,30)(H,25,27,28). The number of fused-ring (bicyclic) bond motifs is 1. The number of nitrogens with zero attached hydrogens (tertiary/aromatic N) is 3. The molecular formula is C24H27N5O3. The first kappa shape index (κ1) is 20.6. The van der Waals surface area contributed by atoms with Gasteiger partial charge in [-0.2, -0.15) is 4.98 Å². The molecule has 1 amide bonds. The molecule has 3 heterocycles. The number of amides is 1. The van der Waals surface area contributed by atoms with Crippen molar-refractivity contribution in [3.05, 3.63) is 51.9 Å². The summed E-state index contributed by atoms with van der Waals surface area (Å²) in [6.45, 7) is 3.40. The molecule has 1 aliphatic heterocycles. The van der Waals surface area contributed by atoms with E-state index in [1.54, 1.807) is 29.9 Å². The summed E-state index contributed by atoms with van der Waals surface area (Å²) >= 11 is 0. The molecule has 2 fully saturated rings. The SMILES string of the molecule is Cc1ccc(C(=O)NC2CC2)cc1-c1cc2cnc(NC3CCOCC3)nc2n(C)c1=O. The Kier molecular flexibility index (Phi) is 5.38. The fourth-order valence-electron chi connectivity index (χ4n) is 4.08. The van der Waals surface area contributed by atoms with Gasteiger partial charge in [0.2, 0.25) is 5.95 Å². The van der Waals surface area contributed by atoms with E-state index in [1.165, 1.54) is 0 Å². The van der Waals surface area contributed by atoms with Crippen LogP contribution in [0.25, 0.3) is 22.2 Å². The largest absolute Gasteiger partial charge is 0.381 e. The van der Waals surface area contributed by atoms with E-state index < -0.39 is 0 Å². The predicted octanol–water partition coefficient (Wildman–Crippen LogP) is 2.79. The van der Waals surface area contributed by atoms with Crippen LogP contribution in [0.1, 0.15) is 41.6 Å². The average Bonchev–Trinajstić information content (AvgIpc) is 3.62. The van der Waals surface area contributed by atoms with Crippen LogP contribution < -0.4 is 16.2 Å². The van der Waals surface area contributed by atoms with E-state index in [9.17, 15) is 9.59 Å². The molecule has 32 heavy (non-hydrogen) atoms. The summed E-state index contributed by atoms with van der Waals surface area (Å²) in [4.78, 5) is 34.9. The zero-order valence-electron chi connectivity index (χ0n) is 18.4. The number of carbonyl (C=O) groups is 1. The summed E-state index contributed by atoms with van der Waals surface area (Å²) in [5.41, 5.74) is 3.20. The van der Waals surface area contributed by atoms with E-state index in [0.29, 0.717) is 22.7 Å². The number of aromatic nitrogens is 3. The zero-order valence-corrected chi connectivity index (χ0v) is 18.4. The number of pyridine rings is 1. The van der Waals surface area contributed by atoms with Crippen molar-refractivity contribution < 1.29 is 9.53 Å². The second-order valence-electron chi connectivity index (χ2n) is 8.70. The Morgan fingerprint density at radius 3 is 2.62 bits per heavy atom. The molecule has 2 N–H and O–H groups in total. The van der Waals surface area contributed by atoms with Crippen LogP contribution in [-0.2, 0) is 11.8 Å². The van der Waals surface area contributed by atoms with Gasteiger partial charge in [0.15, 0.2) is 0 Å². The van der Waals surface area contributed by atoms with Crippen LogP contribution in [0.3, 0.4) is 0 Å². The minimum Gasteiger partial charge on any atom is -0.381 e. The highest BCUT2D eigenvalue weighted by molar-refractivity contribution is 5.96. The summed E-state index contributed by atoms with van der Waals surface area (Å²) in [7, 11) is 1.72. The third-order valence-electron chi connectivity index (χ3n) is 6.21. The number of rotatable bonds is 5. The van der Waals surface area contributed by atoms with Gasteiger partial charge in [0.05, 0.1) is 0 Å². The third-order valence-corrected chi connectivity index (χ3v) is 6.21. The minimum absolute atomic E-state index is 0.0986. The maximum absolute atomic E-state index is 13.3. The molecular weight excluding hydrogens is 406 g/mol. The van der Waals surface area contributed by atoms with Crippen LogP contribution in [0, 0.1) is 6.92 Å². The summed E-state index contributed by atoms with van der Waals surface area (Å²) in [6.07, 6.45) is 5.61. The number of ether oxygens (including phenoxy) is 1. The van der Waals surface area contributed by atoms with E-state index in [2.05, 4.69) is 20.6 Å². The Hall–Kier alpha value is -3.26. The first-order chi connectivity index (χ1) is 15.5. The molecule has 3 aromatic rings. The van der Waals surface area contributed by atoms with E-state index in [0.717, 1.165) is 55.4 Å². The van der Waals surface area contributed by atoms with Crippen molar-refractivity contribution in [2.24, 2.45) is 7.05 Å². The molecule has 0 atom stereocenters. The van der Waals surface area contributed by atoms with E-state index in [1.807, 2.05) is 19.1 Å². The van der Waals surface area contributed by atoms with Gasteiger partial charge in [-0.25, -0.2) is 4.98 Å². The molecule has 5 rings (SSSR count). The molecule has 1 saturated heterocycles. The van der Waals surface area contributed by atoms with Gasteiger partial charge < -0.3 is 15.4 Å². The fraction of sp³-hybridized carbons (Fsp3) is 0.417. The normalized spacial score (nSPS) is 16.8. The molecule has 8 heteroatoms. The molecule has 0 radical (unpaired) electrons. The Labute approximate surface area is 186 Å². The van der Waals surface area contributed by atoms with Gasteiger partial charge in [0.1, 0.15) is 5.65 Å². The number of benzene rings is 1. The molecule has 1 aromatic carbocycles. The lowest BCUT2D eigenvalue weighted by Crippen LogP contribution is -2.29. The smallest absolute Gasteiger partial charge is 0.259 e. The van der Waals surface area contributed by atoms with Crippen molar-refractivity contribution in [2.45, 2.75) is 44.7 Å². The van der Waals surface area contributed by atoms with Crippen LogP contribution in [0.2, 0.25) is 0 Å². The zero-order chi connectivity index (χ0) is 22.2. The molecule has 0 bridgehead atoms. The lowest BCUT2D eigenvalue weighted by atomic mass is 9.98. The van der Waals surface area contributed by atoms with Gasteiger partial charge in [-0.1, -0.05) is 6.07 Å². The summed E-state index contributed by atoms with van der Waals surface area (Å²) in [6, 6.07) is 7.86. The average molecular weight is 434 g/mol. The second kappa shape index (κ2) is 8.35. The van der Waals surface area contributed by atoms with Crippen molar-refractivity contribution in [3.8, 4) is 11.1 Å². The second-order valence-corrected chi connectivity index (χ2v) is 8.70. The Balaban J connectivity index is 1.50. The highest BCUT2D eigenvalue weighted by atomic mass is 16.5. The molecule has 166 valence electrons. The van der Waals surface area contributed by atoms with E-state index in [4.69, 9.17) is 4.74 Å². The number of aryl methyl sites for hydroxylation is 2. The van der Waals surface area contributed by atoms with Gasteiger partial charge in [0, 0.05) is 55.1 Å². The first-order valence-electron chi connectivity index (χ1n) is 11.1. The monoisotopic (exact) mass is 433 g/mol. The lowest BCUT2D eigenvalue weighted by molar-refractivity contribution is 0.0903. The van der Waals surface area contributed by atoms with Crippen LogP contribution in [0.5, 0.6) is 0 Å². The highest BCUT2D eigenvalue weighted by Crippen LogP contribution is 2.26. The number of hydrogen-bond donors (Lipinski definition) is 2. The van der Waals surface area contributed by atoms with Gasteiger partial charge in [0.25, 0.3) is 11.5 Å². The van der Waals surface area contributed by atoms with Gasteiger partial charge in [-0.3, -0.25) is 14.2 Å². The molecule has 8 nitrogen and oxygen atoms in total. The van der Waals surface area contributed by atoms with Gasteiger partial charge in [-0.05, 0) is 61.9 Å². The van der Waals surface area contributed by atoms with Crippen LogP contribution in [0.15, 0.2) is 35.3 Å². The number of carbonyl (C=O) groups excluding carboxylic acids is 1. The molecule has 2 aromatic heterocycles. The van der Waals surface area contributed by atoms with E-state index in [-0.39, 0.29) is 23.6 Å². The lowest BCUT2D eigenvalue weighted by Gasteiger charge is -2.23. The minimum atomic E-state index is -0.156. The first-order valence-corrected chi connectivity index (χ1v) is 11.1. The number of anilines is 1. The quantitative estimate of drug-likeness (QED) is 0.642. The van der Waals surface area contributed by atoms with Crippen LogP contribution in [-0.4, -0.2) is 45.7 Å². The van der Waals surface area contributed by atoms with E-state index >= 15 is 0 Å². The van der Waals surface area contributed by atoms with Crippen LogP contribution in [0.4, 0.5) is 5.95 Å². The predicted molar refractivity (Wildman–Crippen MR) is 123 cm³/mol. The maximum atomic E-state index is 13.3. The molecule has 1 saturated carbocycles. The van der Waals surface area contributed by atoms with Crippen molar-refractivity contribution in [3.63, 3.8) is 0 Å². The van der Waals surface area contributed by atoms with Crippen LogP contribution >= 0.6 is 0 Å². The van der Waals surface area contributed by atoms with Gasteiger partial charge in [-0.15, -0.1) is 0 Å². The third kappa shape index (κ3) is 4.10. The maximum Gasteiger partial charge on any atom is 0.259 e. The van der Waals surface area contributed by atoms with Gasteiger partial charge >= 0.3 is 0 Å². The van der Waals surface area contributed by atoms with Crippen molar-refractivity contribution in [2.75, 3.05) is 18.5 Å². The molecule has 2 aliphatic rings.